The van der Waals surface area contributed by atoms with Crippen LogP contribution in [0.4, 0.5) is 0 Å². The SMILES string of the molecule is Cn1c2cc(-c3cccnc3)ccc2c2c3ccc4c(c3ccc21)c1ccc(-c2cccnc2)cc1n4C. The van der Waals surface area contributed by atoms with E-state index in [1.54, 1.807) is 0 Å². The lowest BCUT2D eigenvalue weighted by atomic mass is 9.98. The number of hydrogen-bond acceptors (Lipinski definition) is 2. The predicted octanol–water partition coefficient (Wildman–Crippen LogP) is 8.25. The van der Waals surface area contributed by atoms with Crippen LogP contribution < -0.4 is 0 Å². The minimum atomic E-state index is 1.13. The standard InChI is InChI=1S/C34H24N4/c1-37-29-13-11-26-25(33(29)27-9-7-21(17-31(27)37)23-5-3-15-35-19-23)12-14-30-34(26)28-10-8-22(18-32(28)38(30)2)24-6-4-16-36-20-24/h3-20H,1-2H3. The Morgan fingerprint density at radius 3 is 1.32 bits per heavy atom. The summed E-state index contributed by atoms with van der Waals surface area (Å²) in [6.07, 6.45) is 7.49. The van der Waals surface area contributed by atoms with Crippen molar-refractivity contribution in [1.29, 1.82) is 0 Å². The first-order valence-electron chi connectivity index (χ1n) is 12.9. The number of aromatic nitrogens is 4. The Kier molecular flexibility index (Phi) is 4.32. The van der Waals surface area contributed by atoms with E-state index in [2.05, 4.69) is 106 Å². The fourth-order valence-electron chi connectivity index (χ4n) is 6.23. The smallest absolute Gasteiger partial charge is 0.0495 e. The summed E-state index contributed by atoms with van der Waals surface area (Å²) in [7, 11) is 4.33. The summed E-state index contributed by atoms with van der Waals surface area (Å²) < 4.78 is 4.63. The molecule has 4 aromatic heterocycles. The minimum absolute atomic E-state index is 1.13. The molecule has 0 fully saturated rings. The highest BCUT2D eigenvalue weighted by Crippen LogP contribution is 2.41. The van der Waals surface area contributed by atoms with Gasteiger partial charge in [0.1, 0.15) is 0 Å². The van der Waals surface area contributed by atoms with E-state index in [0.717, 1.165) is 11.1 Å². The highest BCUT2D eigenvalue weighted by molar-refractivity contribution is 6.29. The number of nitrogens with zero attached hydrogens (tertiary/aromatic N) is 4. The van der Waals surface area contributed by atoms with Crippen LogP contribution in [0.2, 0.25) is 0 Å². The van der Waals surface area contributed by atoms with E-state index in [-0.39, 0.29) is 0 Å². The fraction of sp³-hybridized carbons (Fsp3) is 0.0588. The molecule has 0 bridgehead atoms. The van der Waals surface area contributed by atoms with Gasteiger partial charge in [-0.15, -0.1) is 0 Å². The van der Waals surface area contributed by atoms with Gasteiger partial charge in [0.2, 0.25) is 0 Å². The average Bonchev–Trinajstić information content (AvgIpc) is 3.44. The minimum Gasteiger partial charge on any atom is -0.344 e. The first-order chi connectivity index (χ1) is 18.7. The van der Waals surface area contributed by atoms with E-state index in [1.165, 1.54) is 65.5 Å². The Morgan fingerprint density at radius 2 is 0.895 bits per heavy atom. The summed E-state index contributed by atoms with van der Waals surface area (Å²) in [5, 5.41) is 7.75. The van der Waals surface area contributed by atoms with Crippen LogP contribution in [0.5, 0.6) is 0 Å². The number of aryl methyl sites for hydroxylation is 2. The molecule has 4 nitrogen and oxygen atoms in total. The number of benzene rings is 4. The monoisotopic (exact) mass is 488 g/mol. The van der Waals surface area contributed by atoms with Gasteiger partial charge in [0.25, 0.3) is 0 Å². The quantitative estimate of drug-likeness (QED) is 0.246. The largest absolute Gasteiger partial charge is 0.344 e. The first kappa shape index (κ1) is 21.2. The van der Waals surface area contributed by atoms with Gasteiger partial charge in [-0.3, -0.25) is 9.97 Å². The van der Waals surface area contributed by atoms with E-state index in [9.17, 15) is 0 Å². The van der Waals surface area contributed by atoms with Crippen molar-refractivity contribution >= 4 is 54.4 Å². The maximum Gasteiger partial charge on any atom is 0.0495 e. The molecule has 38 heavy (non-hydrogen) atoms. The van der Waals surface area contributed by atoms with E-state index < -0.39 is 0 Å². The topological polar surface area (TPSA) is 35.6 Å². The molecular weight excluding hydrogens is 464 g/mol. The zero-order valence-corrected chi connectivity index (χ0v) is 21.2. The lowest BCUT2D eigenvalue weighted by Gasteiger charge is -2.05. The summed E-state index contributed by atoms with van der Waals surface area (Å²) in [5.74, 6) is 0. The maximum atomic E-state index is 4.31. The van der Waals surface area contributed by atoms with Crippen LogP contribution in [-0.2, 0) is 14.1 Å². The predicted molar refractivity (Wildman–Crippen MR) is 158 cm³/mol. The second-order valence-corrected chi connectivity index (χ2v) is 10.1. The van der Waals surface area contributed by atoms with Crippen molar-refractivity contribution in [3.8, 4) is 22.3 Å². The third-order valence-corrected chi connectivity index (χ3v) is 8.13. The van der Waals surface area contributed by atoms with E-state index in [4.69, 9.17) is 0 Å². The van der Waals surface area contributed by atoms with Gasteiger partial charge in [-0.25, -0.2) is 0 Å². The number of pyridine rings is 2. The Hall–Kier alpha value is -4.96. The van der Waals surface area contributed by atoms with Crippen LogP contribution in [0.25, 0.3) is 76.6 Å². The highest BCUT2D eigenvalue weighted by Gasteiger charge is 2.17. The molecule has 0 radical (unpaired) electrons. The molecule has 0 aliphatic heterocycles. The highest BCUT2D eigenvalue weighted by atomic mass is 14.9. The molecule has 4 heteroatoms. The van der Waals surface area contributed by atoms with Gasteiger partial charge in [-0.1, -0.05) is 48.5 Å². The molecule has 0 aliphatic carbocycles. The second kappa shape index (κ2) is 7.77. The lowest BCUT2D eigenvalue weighted by Crippen LogP contribution is -1.88. The summed E-state index contributed by atoms with van der Waals surface area (Å²) in [4.78, 5) is 8.63. The van der Waals surface area contributed by atoms with Gasteiger partial charge in [-0.05, 0) is 58.3 Å². The molecule has 0 spiro atoms. The molecule has 0 N–H and O–H groups in total. The molecule has 4 heterocycles. The molecule has 180 valence electrons. The Morgan fingerprint density at radius 1 is 0.447 bits per heavy atom. The fourth-order valence-corrected chi connectivity index (χ4v) is 6.23. The average molecular weight is 489 g/mol. The molecule has 8 aromatic rings. The molecule has 0 saturated carbocycles. The van der Waals surface area contributed by atoms with Gasteiger partial charge in [-0.2, -0.15) is 0 Å². The third-order valence-electron chi connectivity index (χ3n) is 8.13. The van der Waals surface area contributed by atoms with Crippen molar-refractivity contribution in [2.24, 2.45) is 14.1 Å². The van der Waals surface area contributed by atoms with E-state index >= 15 is 0 Å². The Balaban J connectivity index is 1.42. The maximum absolute atomic E-state index is 4.31. The third kappa shape index (κ3) is 2.86. The molecule has 8 rings (SSSR count). The van der Waals surface area contributed by atoms with Crippen LogP contribution in [0.3, 0.4) is 0 Å². The van der Waals surface area contributed by atoms with Crippen molar-refractivity contribution in [3.63, 3.8) is 0 Å². The second-order valence-electron chi connectivity index (χ2n) is 10.1. The summed E-state index contributed by atoms with van der Waals surface area (Å²) in [6, 6.07) is 30.9. The van der Waals surface area contributed by atoms with Crippen molar-refractivity contribution in [3.05, 3.63) is 110 Å². The van der Waals surface area contributed by atoms with E-state index in [1.807, 2.05) is 36.9 Å². The van der Waals surface area contributed by atoms with Crippen LogP contribution in [0, 0.1) is 0 Å². The first-order valence-corrected chi connectivity index (χ1v) is 12.9. The van der Waals surface area contributed by atoms with Gasteiger partial charge < -0.3 is 9.13 Å². The molecule has 0 saturated heterocycles. The normalized spacial score (nSPS) is 11.9. The van der Waals surface area contributed by atoms with Gasteiger partial charge in [0.05, 0.1) is 0 Å². The van der Waals surface area contributed by atoms with Crippen LogP contribution in [-0.4, -0.2) is 19.1 Å². The van der Waals surface area contributed by atoms with Crippen molar-refractivity contribution < 1.29 is 0 Å². The van der Waals surface area contributed by atoms with E-state index in [0.29, 0.717) is 0 Å². The zero-order valence-electron chi connectivity index (χ0n) is 21.2. The van der Waals surface area contributed by atoms with Gasteiger partial charge in [0, 0.05) is 93.6 Å². The Bertz CT molecular complexity index is 2030. The van der Waals surface area contributed by atoms with Crippen molar-refractivity contribution in [2.75, 3.05) is 0 Å². The summed E-state index contributed by atoms with van der Waals surface area (Å²) >= 11 is 0. The van der Waals surface area contributed by atoms with Crippen LogP contribution >= 0.6 is 0 Å². The molecular formula is C34H24N4. The summed E-state index contributed by atoms with van der Waals surface area (Å²) in [5.41, 5.74) is 9.58. The molecule has 0 aliphatic rings. The van der Waals surface area contributed by atoms with Crippen molar-refractivity contribution in [1.82, 2.24) is 19.1 Å². The lowest BCUT2D eigenvalue weighted by molar-refractivity contribution is 1.01. The van der Waals surface area contributed by atoms with Crippen LogP contribution in [0.1, 0.15) is 0 Å². The molecule has 0 atom stereocenters. The number of hydrogen-bond donors (Lipinski definition) is 0. The number of fused-ring (bicyclic) bond motifs is 9. The molecule has 0 amide bonds. The van der Waals surface area contributed by atoms with Gasteiger partial charge >= 0.3 is 0 Å². The Labute approximate surface area is 219 Å². The molecule has 4 aromatic carbocycles. The summed E-state index contributed by atoms with van der Waals surface area (Å²) in [6.45, 7) is 0. The van der Waals surface area contributed by atoms with Crippen molar-refractivity contribution in [2.45, 2.75) is 0 Å². The molecule has 0 unspecified atom stereocenters. The number of rotatable bonds is 2. The van der Waals surface area contributed by atoms with Crippen LogP contribution in [0.15, 0.2) is 110 Å². The van der Waals surface area contributed by atoms with Gasteiger partial charge in [0.15, 0.2) is 0 Å². The zero-order chi connectivity index (χ0) is 25.4.